The molecule has 5 nitrogen and oxygen atoms in total. The molecule has 2 N–H and O–H groups in total. The van der Waals surface area contributed by atoms with Crippen LogP contribution in [0, 0.1) is 17.8 Å². The lowest BCUT2D eigenvalue weighted by Crippen LogP contribution is -2.45. The molecule has 1 heterocycles. The standard InChI is InChI=1S/C31H58O5Si/c1-21-15-16-28(24(4)19-22(2)18-23(3)27(33)20-26(6)32)35-30(34)14-12-13-29(25(5)17-21)36-37(10,11)31(7,8)9/h15,18,23-29,32-33H,12-14,16-17,19-20H2,1-11H3/b21-15+,22-18+/t23-,24+,25+,26-,27-,28-,29+/m1/s1. The summed E-state index contributed by atoms with van der Waals surface area (Å²) in [6, 6.07) is 0. The van der Waals surface area contributed by atoms with Gasteiger partial charge in [0.25, 0.3) is 0 Å². The van der Waals surface area contributed by atoms with Gasteiger partial charge in [0, 0.05) is 24.9 Å². The number of carbonyl (C=O) groups excluding carboxylic acids is 1. The van der Waals surface area contributed by atoms with Crippen molar-refractivity contribution in [3.63, 3.8) is 0 Å². The fraction of sp³-hybridized carbons (Fsp3) is 0.839. The molecule has 37 heavy (non-hydrogen) atoms. The third kappa shape index (κ3) is 12.2. The molecule has 7 atom stereocenters. The van der Waals surface area contributed by atoms with Gasteiger partial charge in [0.15, 0.2) is 8.32 Å². The second-order valence-electron chi connectivity index (χ2n) is 13.5. The Labute approximate surface area is 229 Å². The number of aliphatic hydroxyl groups excluding tert-OH is 2. The van der Waals surface area contributed by atoms with Crippen LogP contribution in [0.1, 0.15) is 107 Å². The van der Waals surface area contributed by atoms with Crippen LogP contribution in [0.5, 0.6) is 0 Å². The number of aliphatic hydroxyl groups is 2. The molecular weight excluding hydrogens is 480 g/mol. The van der Waals surface area contributed by atoms with Crippen molar-refractivity contribution in [2.45, 2.75) is 150 Å². The Kier molecular flexibility index (Phi) is 13.8. The minimum Gasteiger partial charge on any atom is -0.462 e. The Morgan fingerprint density at radius 1 is 1.24 bits per heavy atom. The van der Waals surface area contributed by atoms with Crippen LogP contribution in [-0.2, 0) is 14.0 Å². The summed E-state index contributed by atoms with van der Waals surface area (Å²) in [6.45, 7) is 23.8. The molecular formula is C31H58O5Si. The van der Waals surface area contributed by atoms with Crippen molar-refractivity contribution in [3.05, 3.63) is 23.3 Å². The first-order chi connectivity index (χ1) is 16.9. The van der Waals surface area contributed by atoms with Crippen molar-refractivity contribution in [1.29, 1.82) is 0 Å². The van der Waals surface area contributed by atoms with Gasteiger partial charge in [0.2, 0.25) is 0 Å². The zero-order chi connectivity index (χ0) is 28.6. The number of carbonyl (C=O) groups is 1. The highest BCUT2D eigenvalue weighted by Crippen LogP contribution is 2.39. The molecule has 1 aliphatic heterocycles. The number of rotatable bonds is 9. The first-order valence-corrected chi connectivity index (χ1v) is 17.4. The maximum absolute atomic E-state index is 12.8. The summed E-state index contributed by atoms with van der Waals surface area (Å²) in [5, 5.41) is 20.0. The Bertz CT molecular complexity index is 764. The van der Waals surface area contributed by atoms with E-state index < -0.39 is 20.5 Å². The second kappa shape index (κ2) is 15.0. The zero-order valence-electron chi connectivity index (χ0n) is 25.8. The summed E-state index contributed by atoms with van der Waals surface area (Å²) in [4.78, 5) is 12.8. The van der Waals surface area contributed by atoms with Gasteiger partial charge in [-0.25, -0.2) is 0 Å². The summed E-state index contributed by atoms with van der Waals surface area (Å²) in [5.74, 6) is 0.409. The third-order valence-electron chi connectivity index (χ3n) is 8.40. The van der Waals surface area contributed by atoms with Crippen LogP contribution < -0.4 is 0 Å². The lowest BCUT2D eigenvalue weighted by atomic mass is 9.89. The van der Waals surface area contributed by atoms with E-state index in [9.17, 15) is 15.0 Å². The predicted octanol–water partition coefficient (Wildman–Crippen LogP) is 7.58. The SMILES string of the molecule is C/C1=C\C[C@H]([C@@H](C)C/C(C)=C/[C@@H](C)[C@H](O)C[C@@H](C)O)OC(=O)CCC[C@H](O[Si](C)(C)C(C)(C)C)[C@@H](C)C1. The molecule has 1 aliphatic rings. The van der Waals surface area contributed by atoms with Gasteiger partial charge in [-0.2, -0.15) is 0 Å². The summed E-state index contributed by atoms with van der Waals surface area (Å²) >= 11 is 0. The Morgan fingerprint density at radius 3 is 2.43 bits per heavy atom. The van der Waals surface area contributed by atoms with Crippen LogP contribution in [0.4, 0.5) is 0 Å². The molecule has 0 aromatic rings. The number of allylic oxidation sites excluding steroid dienone is 2. The van der Waals surface area contributed by atoms with Gasteiger partial charge in [0.05, 0.1) is 12.2 Å². The van der Waals surface area contributed by atoms with Gasteiger partial charge in [-0.1, -0.05) is 64.8 Å². The molecule has 1 rings (SSSR count). The summed E-state index contributed by atoms with van der Waals surface area (Å²) in [6.07, 6.45) is 8.20. The van der Waals surface area contributed by atoms with Crippen molar-refractivity contribution in [2.75, 3.05) is 0 Å². The highest BCUT2D eigenvalue weighted by atomic mass is 28.4. The van der Waals surface area contributed by atoms with Gasteiger partial charge >= 0.3 is 5.97 Å². The van der Waals surface area contributed by atoms with Crippen LogP contribution in [0.25, 0.3) is 0 Å². The Morgan fingerprint density at radius 2 is 1.86 bits per heavy atom. The average molecular weight is 539 g/mol. The third-order valence-corrected chi connectivity index (χ3v) is 12.9. The molecule has 0 saturated heterocycles. The Balaban J connectivity index is 2.95. The minimum atomic E-state index is -1.90. The number of cyclic esters (lactones) is 1. The van der Waals surface area contributed by atoms with Gasteiger partial charge in [0.1, 0.15) is 6.10 Å². The molecule has 0 saturated carbocycles. The maximum atomic E-state index is 12.8. The van der Waals surface area contributed by atoms with Crippen LogP contribution in [0.15, 0.2) is 23.3 Å². The van der Waals surface area contributed by atoms with Crippen molar-refractivity contribution >= 4 is 14.3 Å². The van der Waals surface area contributed by atoms with E-state index in [0.29, 0.717) is 25.2 Å². The van der Waals surface area contributed by atoms with E-state index in [-0.39, 0.29) is 35.1 Å². The van der Waals surface area contributed by atoms with Crippen LogP contribution in [0.2, 0.25) is 18.1 Å². The molecule has 0 spiro atoms. The van der Waals surface area contributed by atoms with E-state index in [2.05, 4.69) is 73.7 Å². The topological polar surface area (TPSA) is 76.0 Å². The van der Waals surface area contributed by atoms with Crippen LogP contribution >= 0.6 is 0 Å². The van der Waals surface area contributed by atoms with Gasteiger partial charge in [-0.05, 0) is 82.8 Å². The van der Waals surface area contributed by atoms with E-state index in [1.54, 1.807) is 6.92 Å². The smallest absolute Gasteiger partial charge is 0.306 e. The van der Waals surface area contributed by atoms with Crippen molar-refractivity contribution in [2.24, 2.45) is 17.8 Å². The normalized spacial score (nSPS) is 28.1. The summed E-state index contributed by atoms with van der Waals surface area (Å²) in [5.41, 5.74) is 2.50. The number of ether oxygens (including phenoxy) is 1. The lowest BCUT2D eigenvalue weighted by molar-refractivity contribution is -0.151. The van der Waals surface area contributed by atoms with E-state index in [0.717, 1.165) is 25.7 Å². The lowest BCUT2D eigenvalue weighted by Gasteiger charge is -2.41. The fourth-order valence-electron chi connectivity index (χ4n) is 4.96. The monoisotopic (exact) mass is 538 g/mol. The number of hydrogen-bond donors (Lipinski definition) is 2. The molecule has 0 bridgehead atoms. The van der Waals surface area contributed by atoms with E-state index in [1.807, 2.05) is 6.92 Å². The number of esters is 1. The first-order valence-electron chi connectivity index (χ1n) is 14.5. The van der Waals surface area contributed by atoms with Crippen LogP contribution in [0.3, 0.4) is 0 Å². The van der Waals surface area contributed by atoms with E-state index in [4.69, 9.17) is 9.16 Å². The quantitative estimate of drug-likeness (QED) is 0.180. The van der Waals surface area contributed by atoms with Gasteiger partial charge < -0.3 is 19.4 Å². The second-order valence-corrected chi connectivity index (χ2v) is 18.3. The average Bonchev–Trinajstić information content (AvgIpc) is 2.73. The minimum absolute atomic E-state index is 0.0363. The first kappa shape index (κ1) is 34.1. The predicted molar refractivity (Wildman–Crippen MR) is 157 cm³/mol. The summed E-state index contributed by atoms with van der Waals surface area (Å²) < 4.78 is 12.9. The maximum Gasteiger partial charge on any atom is 0.306 e. The van der Waals surface area contributed by atoms with E-state index >= 15 is 0 Å². The molecule has 0 amide bonds. The van der Waals surface area contributed by atoms with Crippen LogP contribution in [-0.4, -0.2) is 48.9 Å². The highest BCUT2D eigenvalue weighted by molar-refractivity contribution is 6.74. The molecule has 216 valence electrons. The molecule has 0 fully saturated rings. The molecule has 0 aliphatic carbocycles. The highest BCUT2D eigenvalue weighted by Gasteiger charge is 2.40. The van der Waals surface area contributed by atoms with Crippen molar-refractivity contribution in [1.82, 2.24) is 0 Å². The van der Waals surface area contributed by atoms with Crippen molar-refractivity contribution in [3.8, 4) is 0 Å². The van der Waals surface area contributed by atoms with Gasteiger partial charge in [-0.15, -0.1) is 0 Å². The number of hydrogen-bond acceptors (Lipinski definition) is 5. The fourth-order valence-corrected chi connectivity index (χ4v) is 6.42. The molecule has 0 aromatic heterocycles. The molecule has 0 radical (unpaired) electrons. The largest absolute Gasteiger partial charge is 0.462 e. The Hall–Kier alpha value is -0.953. The zero-order valence-corrected chi connectivity index (χ0v) is 26.8. The molecule has 0 unspecified atom stereocenters. The van der Waals surface area contributed by atoms with Gasteiger partial charge in [-0.3, -0.25) is 4.79 Å². The molecule has 6 heteroatoms. The van der Waals surface area contributed by atoms with Crippen molar-refractivity contribution < 1.29 is 24.2 Å². The molecule has 0 aromatic carbocycles. The summed E-state index contributed by atoms with van der Waals surface area (Å²) in [7, 11) is -1.90. The van der Waals surface area contributed by atoms with E-state index in [1.165, 1.54) is 11.1 Å².